The van der Waals surface area contributed by atoms with E-state index in [4.69, 9.17) is 22.2 Å². The molecule has 1 aromatic rings. The summed E-state index contributed by atoms with van der Waals surface area (Å²) in [5.41, 5.74) is 0.956. The molecule has 0 aromatic heterocycles. The van der Waals surface area contributed by atoms with Gasteiger partial charge in [0.1, 0.15) is 0 Å². The van der Waals surface area contributed by atoms with E-state index < -0.39 is 0 Å². The van der Waals surface area contributed by atoms with Crippen molar-refractivity contribution in [2.24, 2.45) is 0 Å². The number of para-hydroxylation sites is 1. The zero-order chi connectivity index (χ0) is 12.1. The molecule has 1 aromatic carbocycles. The minimum absolute atomic E-state index is 0.390. The molecule has 5 heteroatoms. The summed E-state index contributed by atoms with van der Waals surface area (Å²) in [6, 6.07) is 11.9. The van der Waals surface area contributed by atoms with Gasteiger partial charge in [0.05, 0.1) is 19.2 Å². The molecule has 0 bridgehead atoms. The quantitative estimate of drug-likeness (QED) is 0.764. The number of hydrogen-bond donors (Lipinski definition) is 1. The molecule has 1 atom stereocenters. The predicted octanol–water partition coefficient (Wildman–Crippen LogP) is 1.61. The van der Waals surface area contributed by atoms with Gasteiger partial charge in [0.2, 0.25) is 0 Å². The van der Waals surface area contributed by atoms with Gasteiger partial charge < -0.3 is 15.0 Å². The second-order valence-corrected chi connectivity index (χ2v) is 4.12. The number of anilines is 1. The number of thiocarbonyl (C=S) groups is 1. The number of nitrogens with zero attached hydrogens (tertiary/aromatic N) is 2. The topological polar surface area (TPSA) is 48.3 Å². The average molecular weight is 247 g/mol. The Morgan fingerprint density at radius 1 is 1.47 bits per heavy atom. The summed E-state index contributed by atoms with van der Waals surface area (Å²) < 4.78 is 5.27. The fraction of sp³-hybridized carbons (Fsp3) is 0.333. The lowest BCUT2D eigenvalue weighted by atomic mass is 10.3. The maximum Gasteiger partial charge on any atom is 0.173 e. The molecular weight excluding hydrogens is 234 g/mol. The van der Waals surface area contributed by atoms with Crippen LogP contribution in [-0.2, 0) is 4.74 Å². The molecule has 1 aliphatic rings. The van der Waals surface area contributed by atoms with Crippen molar-refractivity contribution in [3.63, 3.8) is 0 Å². The lowest BCUT2D eigenvalue weighted by molar-refractivity contribution is 0.0274. The van der Waals surface area contributed by atoms with Crippen LogP contribution < -0.4 is 5.32 Å². The number of nitriles is 1. The molecule has 0 aliphatic carbocycles. The van der Waals surface area contributed by atoms with Gasteiger partial charge in [-0.15, -0.1) is 0 Å². The van der Waals surface area contributed by atoms with Crippen LogP contribution in [0.3, 0.4) is 0 Å². The number of rotatable bonds is 1. The van der Waals surface area contributed by atoms with Crippen LogP contribution in [-0.4, -0.2) is 35.8 Å². The summed E-state index contributed by atoms with van der Waals surface area (Å²) in [4.78, 5) is 1.96. The fourth-order valence-corrected chi connectivity index (χ4v) is 1.92. The van der Waals surface area contributed by atoms with Crippen molar-refractivity contribution in [2.75, 3.05) is 25.0 Å². The van der Waals surface area contributed by atoms with E-state index in [1.165, 1.54) is 0 Å². The van der Waals surface area contributed by atoms with Crippen LogP contribution >= 0.6 is 12.2 Å². The van der Waals surface area contributed by atoms with E-state index in [0.29, 0.717) is 18.3 Å². The maximum atomic E-state index is 8.81. The number of morpholine rings is 1. The number of hydrogen-bond acceptors (Lipinski definition) is 3. The molecule has 0 saturated carbocycles. The van der Waals surface area contributed by atoms with Crippen LogP contribution in [0.5, 0.6) is 0 Å². The zero-order valence-corrected chi connectivity index (χ0v) is 10.1. The van der Waals surface area contributed by atoms with Crippen LogP contribution in [0.15, 0.2) is 30.3 Å². The molecule has 17 heavy (non-hydrogen) atoms. The Bertz CT molecular complexity index is 429. The van der Waals surface area contributed by atoms with Gasteiger partial charge >= 0.3 is 0 Å². The normalized spacial score (nSPS) is 19.5. The Labute approximate surface area is 106 Å². The molecule has 1 aliphatic heterocycles. The van der Waals surface area contributed by atoms with Gasteiger partial charge in [-0.2, -0.15) is 5.26 Å². The van der Waals surface area contributed by atoms with Crippen molar-refractivity contribution in [1.82, 2.24) is 4.90 Å². The molecule has 0 radical (unpaired) electrons. The molecule has 4 nitrogen and oxygen atoms in total. The third-order valence-corrected chi connectivity index (χ3v) is 2.88. The SMILES string of the molecule is N#CC1CN(C(=S)Nc2ccccc2)CCO1. The van der Waals surface area contributed by atoms with E-state index in [1.54, 1.807) is 0 Å². The Balaban J connectivity index is 1.94. The summed E-state index contributed by atoms with van der Waals surface area (Å²) in [7, 11) is 0. The predicted molar refractivity (Wildman–Crippen MR) is 69.6 cm³/mol. The van der Waals surface area contributed by atoms with Crippen LogP contribution in [0.25, 0.3) is 0 Å². The largest absolute Gasteiger partial charge is 0.360 e. The van der Waals surface area contributed by atoms with Crippen molar-refractivity contribution >= 4 is 23.0 Å². The monoisotopic (exact) mass is 247 g/mol. The summed E-state index contributed by atoms with van der Waals surface area (Å²) >= 11 is 5.31. The Morgan fingerprint density at radius 2 is 2.24 bits per heavy atom. The Kier molecular flexibility index (Phi) is 3.91. The van der Waals surface area contributed by atoms with Gasteiger partial charge in [0.15, 0.2) is 11.2 Å². The number of benzene rings is 1. The minimum Gasteiger partial charge on any atom is -0.360 e. The van der Waals surface area contributed by atoms with Crippen molar-refractivity contribution in [3.05, 3.63) is 30.3 Å². The van der Waals surface area contributed by atoms with E-state index in [1.807, 2.05) is 35.2 Å². The van der Waals surface area contributed by atoms with Gasteiger partial charge in [0.25, 0.3) is 0 Å². The van der Waals surface area contributed by atoms with Gasteiger partial charge in [-0.25, -0.2) is 0 Å². The molecule has 88 valence electrons. The Hall–Kier alpha value is -1.64. The molecule has 1 heterocycles. The van der Waals surface area contributed by atoms with Crippen molar-refractivity contribution in [2.45, 2.75) is 6.10 Å². The first-order chi connectivity index (χ1) is 8.29. The molecule has 1 N–H and O–H groups in total. The molecule has 0 spiro atoms. The first-order valence-corrected chi connectivity index (χ1v) is 5.82. The zero-order valence-electron chi connectivity index (χ0n) is 9.30. The first-order valence-electron chi connectivity index (χ1n) is 5.42. The van der Waals surface area contributed by atoms with Crippen molar-refractivity contribution in [1.29, 1.82) is 5.26 Å². The average Bonchev–Trinajstić information content (AvgIpc) is 2.40. The molecule has 2 rings (SSSR count). The van der Waals surface area contributed by atoms with Crippen molar-refractivity contribution in [3.8, 4) is 6.07 Å². The minimum atomic E-state index is -0.390. The van der Waals surface area contributed by atoms with Gasteiger partial charge in [-0.3, -0.25) is 0 Å². The van der Waals surface area contributed by atoms with Gasteiger partial charge in [0, 0.05) is 12.2 Å². The van der Waals surface area contributed by atoms with E-state index in [0.717, 1.165) is 12.2 Å². The smallest absolute Gasteiger partial charge is 0.173 e. The molecule has 1 unspecified atom stereocenters. The highest BCUT2D eigenvalue weighted by Gasteiger charge is 2.21. The third kappa shape index (κ3) is 3.16. The lowest BCUT2D eigenvalue weighted by Gasteiger charge is -2.31. The highest BCUT2D eigenvalue weighted by atomic mass is 32.1. The summed E-state index contributed by atoms with van der Waals surface area (Å²) in [6.45, 7) is 1.78. The molecule has 1 saturated heterocycles. The van der Waals surface area contributed by atoms with Gasteiger partial charge in [-0.1, -0.05) is 18.2 Å². The second-order valence-electron chi connectivity index (χ2n) is 3.73. The van der Waals surface area contributed by atoms with Crippen LogP contribution in [0.4, 0.5) is 5.69 Å². The lowest BCUT2D eigenvalue weighted by Crippen LogP contribution is -2.46. The highest BCUT2D eigenvalue weighted by molar-refractivity contribution is 7.80. The summed E-state index contributed by atoms with van der Waals surface area (Å²) in [5.74, 6) is 0. The van der Waals surface area contributed by atoms with Crippen molar-refractivity contribution < 1.29 is 4.74 Å². The molecular formula is C12H13N3OS. The van der Waals surface area contributed by atoms with E-state index in [-0.39, 0.29) is 6.10 Å². The molecule has 0 amide bonds. The number of ether oxygens (including phenoxy) is 1. The Morgan fingerprint density at radius 3 is 2.94 bits per heavy atom. The van der Waals surface area contributed by atoms with Crippen LogP contribution in [0.1, 0.15) is 0 Å². The highest BCUT2D eigenvalue weighted by Crippen LogP contribution is 2.10. The van der Waals surface area contributed by atoms with E-state index in [9.17, 15) is 0 Å². The van der Waals surface area contributed by atoms with Gasteiger partial charge in [-0.05, 0) is 24.4 Å². The van der Waals surface area contributed by atoms with Crippen LogP contribution in [0.2, 0.25) is 0 Å². The standard InChI is InChI=1S/C12H13N3OS/c13-8-11-9-15(6-7-16-11)12(17)14-10-4-2-1-3-5-10/h1-5,11H,6-7,9H2,(H,14,17). The molecule has 1 fully saturated rings. The van der Waals surface area contributed by atoms with E-state index in [2.05, 4.69) is 11.4 Å². The fourth-order valence-electron chi connectivity index (χ4n) is 1.64. The maximum absolute atomic E-state index is 8.81. The number of nitrogens with one attached hydrogen (secondary N) is 1. The summed E-state index contributed by atoms with van der Waals surface area (Å²) in [5, 5.41) is 12.6. The third-order valence-electron chi connectivity index (χ3n) is 2.52. The first kappa shape index (κ1) is 11.8. The van der Waals surface area contributed by atoms with Crippen LogP contribution in [0, 0.1) is 11.3 Å². The summed E-state index contributed by atoms with van der Waals surface area (Å²) in [6.07, 6.45) is -0.390. The van der Waals surface area contributed by atoms with E-state index >= 15 is 0 Å². The second kappa shape index (κ2) is 5.62.